The van der Waals surface area contributed by atoms with Crippen LogP contribution in [0, 0.1) is 18.6 Å². The highest BCUT2D eigenvalue weighted by Crippen LogP contribution is 2.21. The van der Waals surface area contributed by atoms with Crippen LogP contribution in [0.2, 0.25) is 0 Å². The van der Waals surface area contributed by atoms with Gasteiger partial charge in [-0.15, -0.1) is 0 Å². The van der Waals surface area contributed by atoms with Gasteiger partial charge < -0.3 is 4.74 Å². The summed E-state index contributed by atoms with van der Waals surface area (Å²) in [6.45, 7) is 1.94. The van der Waals surface area contributed by atoms with Crippen LogP contribution < -0.4 is 9.46 Å². The Bertz CT molecular complexity index is 1030. The van der Waals surface area contributed by atoms with Gasteiger partial charge in [0.25, 0.3) is 10.0 Å². The van der Waals surface area contributed by atoms with Crippen LogP contribution in [-0.2, 0) is 16.6 Å². The standard InChI is InChI=1S/C20H17F2NO3S/c1-14-2-9-18(10-3-14)27(24,25)23-16-5-7-17(8-6-16)26-13-15-4-11-19(21)20(22)12-15/h2-12,23H,13H2,1H3. The van der Waals surface area contributed by atoms with Crippen molar-refractivity contribution in [3.05, 3.63) is 89.5 Å². The molecule has 0 aliphatic heterocycles. The van der Waals surface area contributed by atoms with Crippen LogP contribution >= 0.6 is 0 Å². The molecule has 0 radical (unpaired) electrons. The Balaban J connectivity index is 1.64. The van der Waals surface area contributed by atoms with Gasteiger partial charge in [-0.1, -0.05) is 23.8 Å². The summed E-state index contributed by atoms with van der Waals surface area (Å²) in [5.41, 5.74) is 1.84. The second-order valence-corrected chi connectivity index (χ2v) is 7.66. The first kappa shape index (κ1) is 18.8. The Morgan fingerprint density at radius 1 is 0.889 bits per heavy atom. The fourth-order valence-electron chi connectivity index (χ4n) is 2.35. The molecule has 7 heteroatoms. The number of hydrogen-bond donors (Lipinski definition) is 1. The Kier molecular flexibility index (Phi) is 5.41. The van der Waals surface area contributed by atoms with Gasteiger partial charge in [-0.25, -0.2) is 17.2 Å². The molecular formula is C20H17F2NO3S. The van der Waals surface area contributed by atoms with Crippen molar-refractivity contribution in [1.29, 1.82) is 0 Å². The van der Waals surface area contributed by atoms with E-state index < -0.39 is 21.7 Å². The second-order valence-electron chi connectivity index (χ2n) is 5.98. The van der Waals surface area contributed by atoms with E-state index in [4.69, 9.17) is 4.74 Å². The van der Waals surface area contributed by atoms with E-state index in [0.29, 0.717) is 17.0 Å². The van der Waals surface area contributed by atoms with Crippen molar-refractivity contribution in [3.8, 4) is 5.75 Å². The maximum atomic E-state index is 13.2. The molecule has 0 aliphatic rings. The number of hydrogen-bond acceptors (Lipinski definition) is 3. The number of rotatable bonds is 6. The van der Waals surface area contributed by atoms with Crippen molar-refractivity contribution in [1.82, 2.24) is 0 Å². The molecule has 140 valence electrons. The molecule has 0 heterocycles. The van der Waals surface area contributed by atoms with Crippen molar-refractivity contribution < 1.29 is 21.9 Å². The Labute approximate surface area is 156 Å². The summed E-state index contributed by atoms with van der Waals surface area (Å²) in [4.78, 5) is 0.173. The molecule has 0 bridgehead atoms. The van der Waals surface area contributed by atoms with Gasteiger partial charge in [0.05, 0.1) is 4.90 Å². The Morgan fingerprint density at radius 2 is 1.56 bits per heavy atom. The predicted octanol–water partition coefficient (Wildman–Crippen LogP) is 4.65. The van der Waals surface area contributed by atoms with E-state index in [9.17, 15) is 17.2 Å². The molecule has 27 heavy (non-hydrogen) atoms. The van der Waals surface area contributed by atoms with Gasteiger partial charge in [-0.3, -0.25) is 4.72 Å². The van der Waals surface area contributed by atoms with Crippen LogP contribution in [0.5, 0.6) is 5.75 Å². The fraction of sp³-hybridized carbons (Fsp3) is 0.100. The molecule has 4 nitrogen and oxygen atoms in total. The van der Waals surface area contributed by atoms with Crippen molar-refractivity contribution >= 4 is 15.7 Å². The third-order valence-corrected chi connectivity index (χ3v) is 5.22. The van der Waals surface area contributed by atoms with E-state index >= 15 is 0 Å². The number of halogens is 2. The Morgan fingerprint density at radius 3 is 2.19 bits per heavy atom. The molecule has 0 amide bonds. The lowest BCUT2D eigenvalue weighted by atomic mass is 10.2. The third kappa shape index (κ3) is 4.83. The number of anilines is 1. The van der Waals surface area contributed by atoms with Crippen LogP contribution in [-0.4, -0.2) is 8.42 Å². The van der Waals surface area contributed by atoms with Crippen LogP contribution in [0.15, 0.2) is 71.6 Å². The molecule has 3 aromatic carbocycles. The van der Waals surface area contributed by atoms with Crippen molar-refractivity contribution in [2.45, 2.75) is 18.4 Å². The van der Waals surface area contributed by atoms with E-state index in [1.165, 1.54) is 18.2 Å². The third-order valence-electron chi connectivity index (χ3n) is 3.83. The monoisotopic (exact) mass is 389 g/mol. The minimum absolute atomic E-state index is 0.0612. The first-order valence-electron chi connectivity index (χ1n) is 8.10. The SMILES string of the molecule is Cc1ccc(S(=O)(=O)Nc2ccc(OCc3ccc(F)c(F)c3)cc2)cc1. The lowest BCUT2D eigenvalue weighted by Crippen LogP contribution is -2.12. The van der Waals surface area contributed by atoms with Gasteiger partial charge in [-0.2, -0.15) is 0 Å². The molecule has 0 aliphatic carbocycles. The van der Waals surface area contributed by atoms with Crippen LogP contribution in [0.25, 0.3) is 0 Å². The minimum Gasteiger partial charge on any atom is -0.489 e. The van der Waals surface area contributed by atoms with E-state index in [2.05, 4.69) is 4.72 Å². The zero-order valence-corrected chi connectivity index (χ0v) is 15.3. The van der Waals surface area contributed by atoms with Gasteiger partial charge in [-0.05, 0) is 61.0 Å². The molecular weight excluding hydrogens is 372 g/mol. The average Bonchev–Trinajstić information content (AvgIpc) is 2.64. The highest BCUT2D eigenvalue weighted by Gasteiger charge is 2.13. The van der Waals surface area contributed by atoms with Crippen molar-refractivity contribution in [3.63, 3.8) is 0 Å². The first-order chi connectivity index (χ1) is 12.8. The molecule has 0 atom stereocenters. The smallest absolute Gasteiger partial charge is 0.261 e. The lowest BCUT2D eigenvalue weighted by molar-refractivity contribution is 0.305. The zero-order valence-electron chi connectivity index (χ0n) is 14.4. The summed E-state index contributed by atoms with van der Waals surface area (Å²) in [5.74, 6) is -1.38. The van der Waals surface area contributed by atoms with Crippen LogP contribution in [0.1, 0.15) is 11.1 Å². The van der Waals surface area contributed by atoms with Crippen LogP contribution in [0.3, 0.4) is 0 Å². The molecule has 0 saturated carbocycles. The van der Waals surface area contributed by atoms with E-state index in [0.717, 1.165) is 17.7 Å². The molecule has 0 fully saturated rings. The molecule has 0 saturated heterocycles. The molecule has 3 aromatic rings. The van der Waals surface area contributed by atoms with E-state index in [-0.39, 0.29) is 11.5 Å². The highest BCUT2D eigenvalue weighted by molar-refractivity contribution is 7.92. The molecule has 1 N–H and O–H groups in total. The highest BCUT2D eigenvalue weighted by atomic mass is 32.2. The van der Waals surface area contributed by atoms with E-state index in [1.807, 2.05) is 6.92 Å². The summed E-state index contributed by atoms with van der Waals surface area (Å²) in [6.07, 6.45) is 0. The number of nitrogens with one attached hydrogen (secondary N) is 1. The largest absolute Gasteiger partial charge is 0.489 e. The van der Waals surface area contributed by atoms with Crippen LogP contribution in [0.4, 0.5) is 14.5 Å². The summed E-state index contributed by atoms with van der Waals surface area (Å²) >= 11 is 0. The predicted molar refractivity (Wildman–Crippen MR) is 99.1 cm³/mol. The molecule has 0 spiro atoms. The number of sulfonamides is 1. The van der Waals surface area contributed by atoms with Gasteiger partial charge in [0, 0.05) is 5.69 Å². The fourth-order valence-corrected chi connectivity index (χ4v) is 3.41. The normalized spacial score (nSPS) is 11.2. The van der Waals surface area contributed by atoms with Crippen molar-refractivity contribution in [2.75, 3.05) is 4.72 Å². The summed E-state index contributed by atoms with van der Waals surface area (Å²) in [5, 5.41) is 0. The van der Waals surface area contributed by atoms with Gasteiger partial charge in [0.2, 0.25) is 0 Å². The second kappa shape index (κ2) is 7.75. The van der Waals surface area contributed by atoms with Gasteiger partial charge in [0.1, 0.15) is 12.4 Å². The lowest BCUT2D eigenvalue weighted by Gasteiger charge is -2.10. The van der Waals surface area contributed by atoms with Gasteiger partial charge >= 0.3 is 0 Å². The summed E-state index contributed by atoms with van der Waals surface area (Å²) in [6, 6.07) is 16.4. The number of aryl methyl sites for hydroxylation is 1. The number of benzene rings is 3. The maximum absolute atomic E-state index is 13.2. The first-order valence-corrected chi connectivity index (χ1v) is 9.58. The molecule has 3 rings (SSSR count). The summed E-state index contributed by atoms with van der Waals surface area (Å²) in [7, 11) is -3.68. The van der Waals surface area contributed by atoms with Crippen molar-refractivity contribution in [2.24, 2.45) is 0 Å². The zero-order chi connectivity index (χ0) is 19.4. The molecule has 0 aromatic heterocycles. The average molecular weight is 389 g/mol. The molecule has 0 unspecified atom stereocenters. The maximum Gasteiger partial charge on any atom is 0.261 e. The Hall–Kier alpha value is -2.93. The number of ether oxygens (including phenoxy) is 1. The summed E-state index contributed by atoms with van der Waals surface area (Å²) < 4.78 is 58.8. The van der Waals surface area contributed by atoms with E-state index in [1.54, 1.807) is 36.4 Å². The minimum atomic E-state index is -3.68. The quantitative estimate of drug-likeness (QED) is 0.668. The van der Waals surface area contributed by atoms with Gasteiger partial charge in [0.15, 0.2) is 11.6 Å². The topological polar surface area (TPSA) is 55.4 Å².